The van der Waals surface area contributed by atoms with Crippen LogP contribution in [0.15, 0.2) is 40.9 Å². The lowest BCUT2D eigenvalue weighted by Crippen LogP contribution is -2.27. The molecule has 0 saturated carbocycles. The molecule has 0 amide bonds. The fourth-order valence-corrected chi connectivity index (χ4v) is 3.10. The second-order valence-corrected chi connectivity index (χ2v) is 6.39. The summed E-state index contributed by atoms with van der Waals surface area (Å²) >= 11 is 3.49. The van der Waals surface area contributed by atoms with Crippen molar-refractivity contribution in [3.05, 3.63) is 68.7 Å². The molecule has 106 valence electrons. The zero-order valence-electron chi connectivity index (χ0n) is 12.5. The predicted octanol–water partition coefficient (Wildman–Crippen LogP) is 5.02. The van der Waals surface area contributed by atoms with Crippen molar-refractivity contribution in [1.29, 1.82) is 0 Å². The molecule has 1 atom stereocenters. The maximum atomic E-state index is 11.3. The van der Waals surface area contributed by atoms with Gasteiger partial charge in [-0.1, -0.05) is 47.1 Å². The maximum absolute atomic E-state index is 11.3. The number of benzene rings is 2. The lowest BCUT2D eigenvalue weighted by atomic mass is 9.80. The summed E-state index contributed by atoms with van der Waals surface area (Å²) in [5.74, 6) is 0. The molecule has 0 aromatic heterocycles. The van der Waals surface area contributed by atoms with Crippen molar-refractivity contribution in [1.82, 2.24) is 0 Å². The van der Waals surface area contributed by atoms with Gasteiger partial charge in [0.25, 0.3) is 0 Å². The van der Waals surface area contributed by atoms with E-state index < -0.39 is 5.60 Å². The van der Waals surface area contributed by atoms with Crippen LogP contribution in [0.25, 0.3) is 0 Å². The summed E-state index contributed by atoms with van der Waals surface area (Å²) in [6.07, 6.45) is 0.646. The van der Waals surface area contributed by atoms with E-state index in [0.717, 1.165) is 21.2 Å². The van der Waals surface area contributed by atoms with Crippen LogP contribution in [0.5, 0.6) is 0 Å². The third-order valence-electron chi connectivity index (χ3n) is 4.10. The van der Waals surface area contributed by atoms with Crippen LogP contribution in [-0.4, -0.2) is 5.11 Å². The molecular weight excluding hydrogens is 312 g/mol. The monoisotopic (exact) mass is 332 g/mol. The van der Waals surface area contributed by atoms with Crippen LogP contribution in [0.1, 0.15) is 41.2 Å². The van der Waals surface area contributed by atoms with E-state index in [1.54, 1.807) is 0 Å². The second-order valence-electron chi connectivity index (χ2n) is 5.48. The Bertz CT molecular complexity index is 633. The van der Waals surface area contributed by atoms with Gasteiger partial charge in [0.2, 0.25) is 0 Å². The highest BCUT2D eigenvalue weighted by Gasteiger charge is 2.31. The van der Waals surface area contributed by atoms with Gasteiger partial charge in [0.1, 0.15) is 5.60 Å². The van der Waals surface area contributed by atoms with Crippen LogP contribution < -0.4 is 0 Å². The molecule has 0 bridgehead atoms. The van der Waals surface area contributed by atoms with E-state index in [2.05, 4.69) is 48.8 Å². The predicted molar refractivity (Wildman–Crippen MR) is 88.1 cm³/mol. The van der Waals surface area contributed by atoms with Crippen LogP contribution in [0.3, 0.4) is 0 Å². The molecule has 2 aromatic rings. The molecule has 2 heteroatoms. The largest absolute Gasteiger partial charge is 0.380 e. The van der Waals surface area contributed by atoms with Gasteiger partial charge in [0.15, 0.2) is 0 Å². The van der Waals surface area contributed by atoms with Crippen molar-refractivity contribution < 1.29 is 5.11 Å². The van der Waals surface area contributed by atoms with Crippen LogP contribution in [0.4, 0.5) is 0 Å². The van der Waals surface area contributed by atoms with E-state index in [9.17, 15) is 5.11 Å². The summed E-state index contributed by atoms with van der Waals surface area (Å²) in [4.78, 5) is 0. The van der Waals surface area contributed by atoms with Crippen LogP contribution >= 0.6 is 15.9 Å². The topological polar surface area (TPSA) is 20.2 Å². The van der Waals surface area contributed by atoms with Crippen molar-refractivity contribution in [2.45, 2.75) is 39.7 Å². The lowest BCUT2D eigenvalue weighted by Gasteiger charge is -2.30. The molecule has 1 nitrogen and oxygen atoms in total. The Morgan fingerprint density at radius 2 is 1.65 bits per heavy atom. The van der Waals surface area contributed by atoms with E-state index in [1.165, 1.54) is 11.1 Å². The van der Waals surface area contributed by atoms with Crippen molar-refractivity contribution in [3.8, 4) is 0 Å². The molecule has 2 rings (SSSR count). The van der Waals surface area contributed by atoms with Crippen LogP contribution in [0, 0.1) is 20.8 Å². The number of halogens is 1. The minimum absolute atomic E-state index is 0.646. The van der Waals surface area contributed by atoms with E-state index >= 15 is 0 Å². The summed E-state index contributed by atoms with van der Waals surface area (Å²) < 4.78 is 0.989. The molecular formula is C18H21BrO. The first kappa shape index (κ1) is 15.3. The molecule has 1 unspecified atom stereocenters. The summed E-state index contributed by atoms with van der Waals surface area (Å²) in [5, 5.41) is 11.3. The number of rotatable bonds is 3. The number of hydrogen-bond donors (Lipinski definition) is 1. The van der Waals surface area contributed by atoms with Crippen molar-refractivity contribution in [2.24, 2.45) is 0 Å². The van der Waals surface area contributed by atoms with Gasteiger partial charge in [0, 0.05) is 4.47 Å². The molecule has 0 aliphatic carbocycles. The van der Waals surface area contributed by atoms with Gasteiger partial charge in [-0.05, 0) is 67.1 Å². The summed E-state index contributed by atoms with van der Waals surface area (Å²) in [7, 11) is 0. The van der Waals surface area contributed by atoms with E-state index in [-0.39, 0.29) is 0 Å². The molecule has 20 heavy (non-hydrogen) atoms. The van der Waals surface area contributed by atoms with Gasteiger partial charge in [-0.25, -0.2) is 0 Å². The molecule has 0 spiro atoms. The summed E-state index contributed by atoms with van der Waals surface area (Å²) in [6.45, 7) is 8.29. The summed E-state index contributed by atoms with van der Waals surface area (Å²) in [6, 6.07) is 12.2. The van der Waals surface area contributed by atoms with Crippen LogP contribution in [-0.2, 0) is 5.60 Å². The Balaban J connectivity index is 2.65. The fraction of sp³-hybridized carbons (Fsp3) is 0.333. The minimum atomic E-state index is -0.938. The molecule has 0 aliphatic heterocycles. The third-order valence-corrected chi connectivity index (χ3v) is 4.59. The van der Waals surface area contributed by atoms with E-state index in [0.29, 0.717) is 6.42 Å². The molecule has 0 aliphatic rings. The van der Waals surface area contributed by atoms with E-state index in [4.69, 9.17) is 0 Å². The molecule has 0 heterocycles. The lowest BCUT2D eigenvalue weighted by molar-refractivity contribution is 0.0757. The summed E-state index contributed by atoms with van der Waals surface area (Å²) in [5.41, 5.74) is 4.61. The Morgan fingerprint density at radius 1 is 1.00 bits per heavy atom. The zero-order chi connectivity index (χ0) is 14.9. The van der Waals surface area contributed by atoms with Crippen molar-refractivity contribution in [3.63, 3.8) is 0 Å². The molecule has 0 radical (unpaired) electrons. The molecule has 2 aromatic carbocycles. The highest BCUT2D eigenvalue weighted by Crippen LogP contribution is 2.36. The normalized spacial score (nSPS) is 14.1. The highest BCUT2D eigenvalue weighted by molar-refractivity contribution is 9.10. The molecule has 0 saturated heterocycles. The second kappa shape index (κ2) is 5.71. The quantitative estimate of drug-likeness (QED) is 0.836. The SMILES string of the molecule is CCC(O)(c1cccc(Br)c1)c1cc(C)c(C)cc1C. The smallest absolute Gasteiger partial charge is 0.115 e. The number of aryl methyl sites for hydroxylation is 3. The van der Waals surface area contributed by atoms with E-state index in [1.807, 2.05) is 31.2 Å². The Kier molecular flexibility index (Phi) is 4.36. The van der Waals surface area contributed by atoms with Gasteiger partial charge in [0.05, 0.1) is 0 Å². The van der Waals surface area contributed by atoms with Crippen molar-refractivity contribution >= 4 is 15.9 Å². The van der Waals surface area contributed by atoms with Gasteiger partial charge in [-0.3, -0.25) is 0 Å². The zero-order valence-corrected chi connectivity index (χ0v) is 14.1. The first-order valence-electron chi connectivity index (χ1n) is 6.95. The van der Waals surface area contributed by atoms with Crippen molar-refractivity contribution in [2.75, 3.05) is 0 Å². The van der Waals surface area contributed by atoms with Gasteiger partial charge in [-0.15, -0.1) is 0 Å². The molecule has 0 fully saturated rings. The Hall–Kier alpha value is -1.12. The first-order valence-corrected chi connectivity index (χ1v) is 7.74. The maximum Gasteiger partial charge on any atom is 0.115 e. The number of hydrogen-bond acceptors (Lipinski definition) is 1. The van der Waals surface area contributed by atoms with Gasteiger partial charge in [-0.2, -0.15) is 0 Å². The highest BCUT2D eigenvalue weighted by atomic mass is 79.9. The third kappa shape index (κ3) is 2.68. The average Bonchev–Trinajstić information content (AvgIpc) is 2.42. The minimum Gasteiger partial charge on any atom is -0.380 e. The Morgan fingerprint density at radius 3 is 2.25 bits per heavy atom. The van der Waals surface area contributed by atoms with Gasteiger partial charge >= 0.3 is 0 Å². The van der Waals surface area contributed by atoms with Gasteiger partial charge < -0.3 is 5.11 Å². The standard InChI is InChI=1S/C18H21BrO/c1-5-18(20,15-7-6-8-16(19)11-15)17-10-13(3)12(2)9-14(17)4/h6-11,20H,5H2,1-4H3. The Labute approximate surface area is 129 Å². The average molecular weight is 333 g/mol. The fourth-order valence-electron chi connectivity index (χ4n) is 2.70. The molecule has 1 N–H and O–H groups in total. The number of aliphatic hydroxyl groups is 1. The van der Waals surface area contributed by atoms with Crippen LogP contribution in [0.2, 0.25) is 0 Å². The first-order chi connectivity index (χ1) is 9.38.